The van der Waals surface area contributed by atoms with Gasteiger partial charge in [-0.15, -0.1) is 0 Å². The molecule has 0 atom stereocenters. The summed E-state index contributed by atoms with van der Waals surface area (Å²) in [6, 6.07) is 2.21. The quantitative estimate of drug-likeness (QED) is 0.830. The summed E-state index contributed by atoms with van der Waals surface area (Å²) in [5.41, 5.74) is 3.35. The van der Waals surface area contributed by atoms with Gasteiger partial charge < -0.3 is 10.4 Å². The van der Waals surface area contributed by atoms with Crippen LogP contribution in [-0.4, -0.2) is 38.0 Å². The van der Waals surface area contributed by atoms with Crippen molar-refractivity contribution in [1.29, 1.82) is 5.26 Å². The number of fused-ring (bicyclic) bond motifs is 1. The summed E-state index contributed by atoms with van der Waals surface area (Å²) in [6.45, 7) is 3.26. The molecule has 1 aliphatic carbocycles. The number of anilines is 1. The van der Waals surface area contributed by atoms with E-state index in [1.54, 1.807) is 10.9 Å². The maximum Gasteiger partial charge on any atom is 0.138 e. The Bertz CT molecular complexity index is 786. The van der Waals surface area contributed by atoms with Gasteiger partial charge in [0, 0.05) is 25.6 Å². The van der Waals surface area contributed by atoms with Gasteiger partial charge in [-0.25, -0.2) is 9.97 Å². The Morgan fingerprint density at radius 1 is 1.43 bits per heavy atom. The van der Waals surface area contributed by atoms with E-state index in [2.05, 4.69) is 26.5 Å². The van der Waals surface area contributed by atoms with E-state index in [1.807, 2.05) is 19.2 Å². The molecule has 2 aromatic rings. The van der Waals surface area contributed by atoms with E-state index in [-0.39, 0.29) is 6.61 Å². The molecule has 2 heterocycles. The largest absolute Gasteiger partial charge is 0.394 e. The molecule has 1 aliphatic rings. The first-order valence-electron chi connectivity index (χ1n) is 7.61. The molecule has 2 aromatic heterocycles. The third kappa shape index (κ3) is 3.07. The zero-order valence-electron chi connectivity index (χ0n) is 13.0. The van der Waals surface area contributed by atoms with E-state index in [0.29, 0.717) is 30.8 Å². The second-order valence-corrected chi connectivity index (χ2v) is 5.29. The van der Waals surface area contributed by atoms with Gasteiger partial charge in [-0.3, -0.25) is 4.68 Å². The Morgan fingerprint density at radius 2 is 2.30 bits per heavy atom. The molecule has 0 bridgehead atoms. The molecule has 23 heavy (non-hydrogen) atoms. The van der Waals surface area contributed by atoms with Crippen LogP contribution in [0, 0.1) is 11.3 Å². The van der Waals surface area contributed by atoms with Crippen LogP contribution in [0.1, 0.15) is 29.6 Å². The monoisotopic (exact) mass is 310 g/mol. The summed E-state index contributed by atoms with van der Waals surface area (Å²) in [5, 5.41) is 25.6. The lowest BCUT2D eigenvalue weighted by Gasteiger charge is -2.11. The van der Waals surface area contributed by atoms with Gasteiger partial charge in [0.15, 0.2) is 0 Å². The van der Waals surface area contributed by atoms with Crippen molar-refractivity contribution in [3.8, 4) is 6.07 Å². The fourth-order valence-corrected chi connectivity index (χ4v) is 2.67. The van der Waals surface area contributed by atoms with Gasteiger partial charge in [0.05, 0.1) is 42.2 Å². The Kier molecular flexibility index (Phi) is 4.35. The Hall–Kier alpha value is -2.72. The Labute approximate surface area is 134 Å². The number of rotatable bonds is 6. The number of nitrogens with one attached hydrogen (secondary N) is 1. The highest BCUT2D eigenvalue weighted by Crippen LogP contribution is 2.31. The minimum absolute atomic E-state index is 0.0592. The maximum absolute atomic E-state index is 9.23. The van der Waals surface area contributed by atoms with Crippen molar-refractivity contribution >= 4 is 11.4 Å². The summed E-state index contributed by atoms with van der Waals surface area (Å²) in [5.74, 6) is 1.43. The summed E-state index contributed by atoms with van der Waals surface area (Å²) in [7, 11) is 0. The number of aliphatic hydroxyl groups excluding tert-OH is 1. The molecular weight excluding hydrogens is 292 g/mol. The van der Waals surface area contributed by atoms with Crippen LogP contribution in [0.5, 0.6) is 0 Å². The van der Waals surface area contributed by atoms with Gasteiger partial charge in [0.2, 0.25) is 0 Å². The lowest BCUT2D eigenvalue weighted by atomic mass is 10.1. The molecule has 0 aromatic carbocycles. The molecule has 7 nitrogen and oxygen atoms in total. The molecule has 0 aliphatic heterocycles. The van der Waals surface area contributed by atoms with Crippen LogP contribution in [0.2, 0.25) is 0 Å². The second-order valence-electron chi connectivity index (χ2n) is 5.29. The van der Waals surface area contributed by atoms with Crippen molar-refractivity contribution in [1.82, 2.24) is 19.7 Å². The highest BCUT2D eigenvalue weighted by atomic mass is 16.3. The third-order valence-electron chi connectivity index (χ3n) is 3.64. The number of aliphatic hydroxyl groups is 1. The van der Waals surface area contributed by atoms with Crippen molar-refractivity contribution in [2.75, 3.05) is 18.5 Å². The number of aromatic nitrogens is 4. The first kappa shape index (κ1) is 15.2. The lowest BCUT2D eigenvalue weighted by Crippen LogP contribution is -2.09. The molecular formula is C16H18N6O. The van der Waals surface area contributed by atoms with E-state index >= 15 is 0 Å². The Balaban J connectivity index is 1.89. The zero-order valence-corrected chi connectivity index (χ0v) is 13.0. The normalized spacial score (nSPS) is 12.7. The molecule has 118 valence electrons. The minimum atomic E-state index is 0.0592. The average Bonchev–Trinajstić information content (AvgIpc) is 3.15. The summed E-state index contributed by atoms with van der Waals surface area (Å²) < 4.78 is 1.70. The molecule has 0 fully saturated rings. The maximum atomic E-state index is 9.23. The molecule has 0 amide bonds. The number of hydrogen-bond acceptors (Lipinski definition) is 6. The van der Waals surface area contributed by atoms with Crippen LogP contribution in [0.3, 0.4) is 0 Å². The molecule has 0 unspecified atom stereocenters. The number of nitrogens with zero attached hydrogens (tertiary/aromatic N) is 5. The topological polar surface area (TPSA) is 99.7 Å². The van der Waals surface area contributed by atoms with Crippen molar-refractivity contribution in [2.24, 2.45) is 0 Å². The van der Waals surface area contributed by atoms with E-state index < -0.39 is 0 Å². The standard InChI is InChI=1S/C16H18N6O/c1-2-18-16-15-12(8-17)3-4-13(15)20-14(21-16)7-11-9-19-22(10-11)5-6-23/h3,9-10,23H,2,4-7H2,1H3,(H,18,20,21). The SMILES string of the molecule is CCNc1nc(Cc2cnn(CCO)c2)nc2c1C(C#N)=CC2. The van der Waals surface area contributed by atoms with Crippen molar-refractivity contribution in [3.05, 3.63) is 41.1 Å². The van der Waals surface area contributed by atoms with Crippen LogP contribution in [0.25, 0.3) is 5.57 Å². The zero-order chi connectivity index (χ0) is 16.2. The number of nitriles is 1. The van der Waals surface area contributed by atoms with Crippen LogP contribution < -0.4 is 5.32 Å². The van der Waals surface area contributed by atoms with Gasteiger partial charge in [0.1, 0.15) is 11.6 Å². The van der Waals surface area contributed by atoms with Gasteiger partial charge in [-0.05, 0) is 12.5 Å². The summed E-state index contributed by atoms with van der Waals surface area (Å²) in [4.78, 5) is 9.19. The van der Waals surface area contributed by atoms with Crippen molar-refractivity contribution in [3.63, 3.8) is 0 Å². The van der Waals surface area contributed by atoms with Gasteiger partial charge in [0.25, 0.3) is 0 Å². The van der Waals surface area contributed by atoms with E-state index in [9.17, 15) is 5.26 Å². The average molecular weight is 310 g/mol. The number of hydrogen-bond donors (Lipinski definition) is 2. The molecule has 0 saturated carbocycles. The molecule has 7 heteroatoms. The predicted molar refractivity (Wildman–Crippen MR) is 85.6 cm³/mol. The van der Waals surface area contributed by atoms with Crippen LogP contribution in [0.4, 0.5) is 5.82 Å². The Morgan fingerprint density at radius 3 is 3.04 bits per heavy atom. The molecule has 0 radical (unpaired) electrons. The molecule has 0 saturated heterocycles. The molecule has 3 rings (SSSR count). The summed E-state index contributed by atoms with van der Waals surface area (Å²) in [6.07, 6.45) is 6.77. The minimum Gasteiger partial charge on any atom is -0.394 e. The van der Waals surface area contributed by atoms with E-state index in [4.69, 9.17) is 5.11 Å². The van der Waals surface area contributed by atoms with Crippen LogP contribution >= 0.6 is 0 Å². The number of allylic oxidation sites excluding steroid dienone is 2. The van der Waals surface area contributed by atoms with Gasteiger partial charge >= 0.3 is 0 Å². The molecule has 0 spiro atoms. The fraction of sp³-hybridized carbons (Fsp3) is 0.375. The van der Waals surface area contributed by atoms with Crippen molar-refractivity contribution < 1.29 is 5.11 Å². The van der Waals surface area contributed by atoms with E-state index in [1.165, 1.54) is 0 Å². The first-order chi connectivity index (χ1) is 11.2. The van der Waals surface area contributed by atoms with Crippen LogP contribution in [-0.2, 0) is 19.4 Å². The van der Waals surface area contributed by atoms with Crippen molar-refractivity contribution in [2.45, 2.75) is 26.3 Å². The van der Waals surface area contributed by atoms with Gasteiger partial charge in [-0.2, -0.15) is 10.4 Å². The highest BCUT2D eigenvalue weighted by Gasteiger charge is 2.22. The fourth-order valence-electron chi connectivity index (χ4n) is 2.67. The van der Waals surface area contributed by atoms with Gasteiger partial charge in [-0.1, -0.05) is 6.08 Å². The molecule has 2 N–H and O–H groups in total. The second kappa shape index (κ2) is 6.58. The third-order valence-corrected chi connectivity index (χ3v) is 3.64. The smallest absolute Gasteiger partial charge is 0.138 e. The predicted octanol–water partition coefficient (Wildman–Crippen LogP) is 1.15. The first-order valence-corrected chi connectivity index (χ1v) is 7.61. The van der Waals surface area contributed by atoms with E-state index in [0.717, 1.165) is 29.2 Å². The summed E-state index contributed by atoms with van der Waals surface area (Å²) >= 11 is 0. The highest BCUT2D eigenvalue weighted by molar-refractivity contribution is 5.87. The van der Waals surface area contributed by atoms with Crippen LogP contribution in [0.15, 0.2) is 18.5 Å². The lowest BCUT2D eigenvalue weighted by molar-refractivity contribution is 0.269.